The van der Waals surface area contributed by atoms with Gasteiger partial charge in [0, 0.05) is 13.1 Å². The highest BCUT2D eigenvalue weighted by Gasteiger charge is 2.08. The third kappa shape index (κ3) is 36.1. The minimum absolute atomic E-state index is 0.139. The number of phosphoric ester groups is 1. The van der Waals surface area contributed by atoms with Gasteiger partial charge in [-0.05, 0) is 12.8 Å². The van der Waals surface area contributed by atoms with Gasteiger partial charge in [-0.2, -0.15) is 0 Å². The van der Waals surface area contributed by atoms with Crippen molar-refractivity contribution >= 4 is 7.82 Å². The topological polar surface area (TPSA) is 111 Å². The van der Waals surface area contributed by atoms with Crippen LogP contribution >= 0.6 is 7.82 Å². The van der Waals surface area contributed by atoms with Crippen molar-refractivity contribution in [1.82, 2.24) is 5.32 Å². The molecular weight excluding hydrogens is 477 g/mol. The van der Waals surface area contributed by atoms with Crippen molar-refractivity contribution in [1.29, 1.82) is 0 Å². The summed E-state index contributed by atoms with van der Waals surface area (Å²) in [4.78, 5) is 11.7. The molecule has 0 bridgehead atoms. The molecule has 0 saturated heterocycles. The lowest BCUT2D eigenvalue weighted by molar-refractivity contribution is -0.225. The first kappa shape index (κ1) is 38.1. The molecule has 7 nitrogen and oxygen atoms in total. The van der Waals surface area contributed by atoms with E-state index in [1.54, 1.807) is 0 Å². The predicted molar refractivity (Wildman–Crippen MR) is 150 cm³/mol. The molecule has 0 heterocycles. The lowest BCUT2D eigenvalue weighted by Gasteiger charge is -2.22. The summed E-state index contributed by atoms with van der Waals surface area (Å²) >= 11 is 0. The molecule has 0 aromatic heterocycles. The van der Waals surface area contributed by atoms with Crippen LogP contribution in [0.25, 0.3) is 0 Å². The van der Waals surface area contributed by atoms with Crippen molar-refractivity contribution in [3.05, 3.63) is 0 Å². The van der Waals surface area contributed by atoms with Crippen molar-refractivity contribution in [3.63, 3.8) is 0 Å². The molecule has 36 heavy (non-hydrogen) atoms. The normalized spacial score (nSPS) is 11.5. The highest BCUT2D eigenvalue weighted by molar-refractivity contribution is 7.45. The van der Waals surface area contributed by atoms with E-state index in [-0.39, 0.29) is 26.4 Å². The summed E-state index contributed by atoms with van der Waals surface area (Å²) in [6.07, 6.45) is 24.5. The lowest BCUT2D eigenvalue weighted by atomic mass is 10.1. The second-order valence-corrected chi connectivity index (χ2v) is 11.1. The van der Waals surface area contributed by atoms with E-state index in [1.165, 1.54) is 103 Å². The van der Waals surface area contributed by atoms with Crippen molar-refractivity contribution in [2.24, 2.45) is 0 Å². The summed E-state index contributed by atoms with van der Waals surface area (Å²) in [5, 5.41) is 19.1. The van der Waals surface area contributed by atoms with Crippen LogP contribution in [-0.4, -0.2) is 49.7 Å². The smallest absolute Gasteiger partial charge is 0.267 e. The van der Waals surface area contributed by atoms with E-state index >= 15 is 0 Å². The Balaban J connectivity index is 0. The molecule has 0 unspecified atom stereocenters. The summed E-state index contributed by atoms with van der Waals surface area (Å²) in [6.45, 7) is 6.42. The van der Waals surface area contributed by atoms with Crippen LogP contribution in [0.2, 0.25) is 0 Å². The largest absolute Gasteiger partial charge is 0.756 e. The van der Waals surface area contributed by atoms with Gasteiger partial charge in [0.15, 0.2) is 0 Å². The molecule has 0 aromatic rings. The lowest BCUT2D eigenvalue weighted by Crippen LogP contribution is -2.21. The van der Waals surface area contributed by atoms with E-state index in [0.29, 0.717) is 13.1 Å². The van der Waals surface area contributed by atoms with Gasteiger partial charge in [-0.3, -0.25) is 4.57 Å². The maximum Gasteiger partial charge on any atom is 0.267 e. The number of rotatable bonds is 28. The van der Waals surface area contributed by atoms with Crippen LogP contribution in [0.3, 0.4) is 0 Å². The molecule has 220 valence electrons. The van der Waals surface area contributed by atoms with Crippen LogP contribution in [0.15, 0.2) is 0 Å². The molecule has 0 rings (SSSR count). The van der Waals surface area contributed by atoms with Crippen LogP contribution in [0.5, 0.6) is 0 Å². The Kier molecular flexibility index (Phi) is 35.0. The molecule has 0 aliphatic rings. The van der Waals surface area contributed by atoms with Crippen molar-refractivity contribution in [2.45, 2.75) is 142 Å². The molecule has 0 amide bonds. The average Bonchev–Trinajstić information content (AvgIpc) is 2.86. The number of hydrogen-bond acceptors (Lipinski definition) is 7. The minimum Gasteiger partial charge on any atom is -0.756 e. The van der Waals surface area contributed by atoms with Gasteiger partial charge in [0.2, 0.25) is 0 Å². The maximum atomic E-state index is 11.7. The summed E-state index contributed by atoms with van der Waals surface area (Å²) in [6, 6.07) is 0. The highest BCUT2D eigenvalue weighted by Crippen LogP contribution is 2.38. The third-order valence-electron chi connectivity index (χ3n) is 6.07. The molecule has 0 fully saturated rings. The molecular formula is C28H61NO6P-. The van der Waals surface area contributed by atoms with Gasteiger partial charge in [-0.15, -0.1) is 0 Å². The van der Waals surface area contributed by atoms with Crippen LogP contribution in [0, 0.1) is 0 Å². The standard InChI is InChI=1S/C24H51O4P.C4H11NO2/c1-3-5-7-9-11-13-15-17-19-21-23-27-29(25,26)28-24-22-20-18-16-14-12-10-8-6-4-2;6-3-1-5-2-4-7/h3-24H2,1-2H3,(H,25,26);5-7H,1-4H2/p-1. The molecule has 3 N–H and O–H groups in total. The fourth-order valence-electron chi connectivity index (χ4n) is 3.85. The SMILES string of the molecule is CCCCCCCCCCCCOP(=O)([O-])OCCCCCCCCCCCC.OCCNCCO. The number of hydrogen-bond donors (Lipinski definition) is 3. The predicted octanol–water partition coefficient (Wildman–Crippen LogP) is 6.89. The molecule has 0 aromatic carbocycles. The van der Waals surface area contributed by atoms with Gasteiger partial charge < -0.3 is 29.5 Å². The molecule has 0 spiro atoms. The molecule has 0 saturated carbocycles. The van der Waals surface area contributed by atoms with E-state index in [2.05, 4.69) is 19.2 Å². The zero-order chi connectivity index (χ0) is 27.0. The van der Waals surface area contributed by atoms with Gasteiger partial charge in [0.1, 0.15) is 0 Å². The Hall–Kier alpha value is -0.0100. The first-order valence-electron chi connectivity index (χ1n) is 15.1. The summed E-state index contributed by atoms with van der Waals surface area (Å²) in [7, 11) is -4.10. The zero-order valence-electron chi connectivity index (χ0n) is 23.9. The number of aliphatic hydroxyl groups excluding tert-OH is 2. The molecule has 0 aliphatic heterocycles. The van der Waals surface area contributed by atoms with Crippen LogP contribution < -0.4 is 10.2 Å². The Bertz CT molecular complexity index is 408. The molecule has 0 aliphatic carbocycles. The van der Waals surface area contributed by atoms with Gasteiger partial charge in [0.25, 0.3) is 7.82 Å². The van der Waals surface area contributed by atoms with E-state index < -0.39 is 7.82 Å². The first-order valence-corrected chi connectivity index (χ1v) is 16.5. The number of aliphatic hydroxyl groups is 2. The highest BCUT2D eigenvalue weighted by atomic mass is 31.2. The summed E-state index contributed by atoms with van der Waals surface area (Å²) in [5.41, 5.74) is 0. The Morgan fingerprint density at radius 1 is 0.556 bits per heavy atom. The van der Waals surface area contributed by atoms with Gasteiger partial charge in [-0.1, -0.05) is 129 Å². The third-order valence-corrected chi connectivity index (χ3v) is 7.07. The number of unbranched alkanes of at least 4 members (excludes halogenated alkanes) is 18. The Labute approximate surface area is 223 Å². The molecule has 0 atom stereocenters. The quantitative estimate of drug-likeness (QED) is 0.0734. The van der Waals surface area contributed by atoms with E-state index in [9.17, 15) is 9.46 Å². The average molecular weight is 539 g/mol. The van der Waals surface area contributed by atoms with E-state index in [0.717, 1.165) is 25.7 Å². The number of phosphoric acid groups is 1. The monoisotopic (exact) mass is 538 g/mol. The second kappa shape index (κ2) is 33.0. The Morgan fingerprint density at radius 2 is 0.833 bits per heavy atom. The van der Waals surface area contributed by atoms with Gasteiger partial charge in [0.05, 0.1) is 26.4 Å². The van der Waals surface area contributed by atoms with Crippen LogP contribution in [0.1, 0.15) is 142 Å². The second-order valence-electron chi connectivity index (χ2n) is 9.67. The maximum absolute atomic E-state index is 11.7. The van der Waals surface area contributed by atoms with Gasteiger partial charge >= 0.3 is 0 Å². The number of nitrogens with one attached hydrogen (secondary N) is 1. The van der Waals surface area contributed by atoms with Crippen molar-refractivity contribution < 1.29 is 28.7 Å². The van der Waals surface area contributed by atoms with Gasteiger partial charge in [-0.25, -0.2) is 0 Å². The van der Waals surface area contributed by atoms with E-state index in [1.807, 2.05) is 0 Å². The zero-order valence-corrected chi connectivity index (χ0v) is 24.8. The van der Waals surface area contributed by atoms with Crippen molar-refractivity contribution in [2.75, 3.05) is 39.5 Å². The fraction of sp³-hybridized carbons (Fsp3) is 1.00. The molecule has 0 radical (unpaired) electrons. The summed E-state index contributed by atoms with van der Waals surface area (Å²) < 4.78 is 21.7. The summed E-state index contributed by atoms with van der Waals surface area (Å²) in [5.74, 6) is 0. The van der Waals surface area contributed by atoms with Crippen LogP contribution in [-0.2, 0) is 13.6 Å². The fourth-order valence-corrected chi connectivity index (χ4v) is 4.63. The Morgan fingerprint density at radius 3 is 1.11 bits per heavy atom. The minimum atomic E-state index is -4.10. The van der Waals surface area contributed by atoms with Crippen LogP contribution in [0.4, 0.5) is 0 Å². The first-order chi connectivity index (χ1) is 17.5. The van der Waals surface area contributed by atoms with Crippen molar-refractivity contribution in [3.8, 4) is 0 Å². The van der Waals surface area contributed by atoms with E-state index in [4.69, 9.17) is 19.3 Å². The molecule has 8 heteroatoms.